The van der Waals surface area contributed by atoms with E-state index in [9.17, 15) is 5.11 Å². The Morgan fingerprint density at radius 1 is 1.21 bits per heavy atom. The number of aliphatic hydroxyl groups is 2. The van der Waals surface area contributed by atoms with Crippen LogP contribution in [0.25, 0.3) is 0 Å². The predicted octanol–water partition coefficient (Wildman–Crippen LogP) is 3.36. The van der Waals surface area contributed by atoms with E-state index in [4.69, 9.17) is 14.6 Å². The minimum atomic E-state index is -1.08. The fourth-order valence-electron chi connectivity index (χ4n) is 3.50. The summed E-state index contributed by atoms with van der Waals surface area (Å²) in [6.45, 7) is 13.4. The van der Waals surface area contributed by atoms with Crippen molar-refractivity contribution in [2.24, 2.45) is 10.8 Å². The molecule has 0 aromatic carbocycles. The Hall–Kier alpha value is -0.940. The Balaban J connectivity index is 2.33. The van der Waals surface area contributed by atoms with Crippen LogP contribution in [-0.4, -0.2) is 41.4 Å². The maximum Gasteiger partial charge on any atom is 0.188 e. The molecule has 136 valence electrons. The third-order valence-electron chi connectivity index (χ3n) is 5.17. The van der Waals surface area contributed by atoms with Crippen LogP contribution >= 0.6 is 0 Å². The zero-order valence-electron chi connectivity index (χ0n) is 15.8. The van der Waals surface area contributed by atoms with Gasteiger partial charge in [0.1, 0.15) is 5.60 Å². The molecule has 0 saturated carbocycles. The number of aliphatic hydroxyl groups excluding tert-OH is 1. The second-order valence-electron chi connectivity index (χ2n) is 8.67. The van der Waals surface area contributed by atoms with E-state index >= 15 is 0 Å². The van der Waals surface area contributed by atoms with Crippen molar-refractivity contribution in [3.8, 4) is 0 Å². The number of hydrogen-bond acceptors (Lipinski definition) is 4. The molecule has 2 rings (SSSR count). The standard InChI is InChI=1S/C20H32O4/c1-15(8-10-21)7-9-20(22)16(2)11-19(12-18(20,5)6)23-13-17(3,4)14-24-19/h7-9,11,21-22H,10,12-14H2,1-6H3/b9-7+,15-8-. The Morgan fingerprint density at radius 3 is 2.29 bits per heavy atom. The molecule has 1 spiro atoms. The number of allylic oxidation sites excluding steroid dienone is 2. The van der Waals surface area contributed by atoms with Gasteiger partial charge in [-0.05, 0) is 31.6 Å². The van der Waals surface area contributed by atoms with Gasteiger partial charge in [-0.1, -0.05) is 45.4 Å². The molecule has 0 bridgehead atoms. The van der Waals surface area contributed by atoms with Crippen molar-refractivity contribution in [2.45, 2.75) is 59.4 Å². The van der Waals surface area contributed by atoms with Crippen molar-refractivity contribution in [1.29, 1.82) is 0 Å². The molecule has 1 unspecified atom stereocenters. The van der Waals surface area contributed by atoms with E-state index in [2.05, 4.69) is 13.8 Å². The van der Waals surface area contributed by atoms with Crippen LogP contribution in [0, 0.1) is 10.8 Å². The third kappa shape index (κ3) is 3.67. The third-order valence-corrected chi connectivity index (χ3v) is 5.17. The van der Waals surface area contributed by atoms with Crippen molar-refractivity contribution in [2.75, 3.05) is 19.8 Å². The van der Waals surface area contributed by atoms with E-state index < -0.39 is 16.8 Å². The molecule has 1 aliphatic carbocycles. The van der Waals surface area contributed by atoms with E-state index in [1.165, 1.54) is 0 Å². The lowest BCUT2D eigenvalue weighted by Crippen LogP contribution is -2.57. The molecule has 0 radical (unpaired) electrons. The number of rotatable bonds is 3. The van der Waals surface area contributed by atoms with Crippen molar-refractivity contribution in [1.82, 2.24) is 0 Å². The van der Waals surface area contributed by atoms with Crippen molar-refractivity contribution >= 4 is 0 Å². The summed E-state index contributed by atoms with van der Waals surface area (Å²) in [6.07, 6.45) is 7.91. The zero-order valence-corrected chi connectivity index (χ0v) is 15.8. The summed E-state index contributed by atoms with van der Waals surface area (Å²) in [6, 6.07) is 0. The van der Waals surface area contributed by atoms with Gasteiger partial charge in [-0.2, -0.15) is 0 Å². The summed E-state index contributed by atoms with van der Waals surface area (Å²) in [4.78, 5) is 0. The Labute approximate surface area is 145 Å². The largest absolute Gasteiger partial charge is 0.392 e. The van der Waals surface area contributed by atoms with Gasteiger partial charge in [-0.15, -0.1) is 0 Å². The summed E-state index contributed by atoms with van der Waals surface area (Å²) in [5, 5.41) is 20.3. The first kappa shape index (κ1) is 19.4. The molecule has 0 aromatic rings. The van der Waals surface area contributed by atoms with Crippen molar-refractivity contribution in [3.63, 3.8) is 0 Å². The van der Waals surface area contributed by atoms with Crippen LogP contribution in [0.1, 0.15) is 48.0 Å². The van der Waals surface area contributed by atoms with E-state index in [0.717, 1.165) is 11.1 Å². The molecule has 1 saturated heterocycles. The van der Waals surface area contributed by atoms with Crippen LogP contribution in [0.2, 0.25) is 0 Å². The highest BCUT2D eigenvalue weighted by Gasteiger charge is 2.54. The molecule has 1 heterocycles. The molecule has 0 amide bonds. The lowest BCUT2D eigenvalue weighted by Gasteiger charge is -2.53. The molecular weight excluding hydrogens is 304 g/mol. The van der Waals surface area contributed by atoms with Gasteiger partial charge >= 0.3 is 0 Å². The Morgan fingerprint density at radius 2 is 1.79 bits per heavy atom. The van der Waals surface area contributed by atoms with Crippen molar-refractivity contribution < 1.29 is 19.7 Å². The van der Waals surface area contributed by atoms with E-state index in [1.807, 2.05) is 45.9 Å². The lowest BCUT2D eigenvalue weighted by molar-refractivity contribution is -0.293. The van der Waals surface area contributed by atoms with Crippen LogP contribution < -0.4 is 0 Å². The molecule has 4 nitrogen and oxygen atoms in total. The topological polar surface area (TPSA) is 58.9 Å². The molecule has 1 aliphatic heterocycles. The monoisotopic (exact) mass is 336 g/mol. The lowest BCUT2D eigenvalue weighted by atomic mass is 9.63. The van der Waals surface area contributed by atoms with Gasteiger partial charge in [0.25, 0.3) is 0 Å². The highest BCUT2D eigenvalue weighted by molar-refractivity contribution is 5.36. The van der Waals surface area contributed by atoms with Gasteiger partial charge in [0.2, 0.25) is 0 Å². The summed E-state index contributed by atoms with van der Waals surface area (Å²) in [5.74, 6) is -0.751. The minimum Gasteiger partial charge on any atom is -0.392 e. The fraction of sp³-hybridized carbons (Fsp3) is 0.700. The first-order valence-electron chi connectivity index (χ1n) is 8.62. The summed E-state index contributed by atoms with van der Waals surface area (Å²) < 4.78 is 12.2. The zero-order chi connectivity index (χ0) is 18.2. The molecule has 1 fully saturated rings. The molecule has 2 aliphatic rings. The average molecular weight is 336 g/mol. The fourth-order valence-corrected chi connectivity index (χ4v) is 3.50. The molecule has 24 heavy (non-hydrogen) atoms. The van der Waals surface area contributed by atoms with Crippen LogP contribution in [0.4, 0.5) is 0 Å². The van der Waals surface area contributed by atoms with E-state index in [0.29, 0.717) is 19.6 Å². The molecule has 0 aromatic heterocycles. The van der Waals surface area contributed by atoms with Crippen LogP contribution in [-0.2, 0) is 9.47 Å². The van der Waals surface area contributed by atoms with Crippen LogP contribution in [0.3, 0.4) is 0 Å². The van der Waals surface area contributed by atoms with Gasteiger partial charge in [0.05, 0.1) is 19.8 Å². The van der Waals surface area contributed by atoms with E-state index in [-0.39, 0.29) is 12.0 Å². The SMILES string of the molecule is CC1=CC2(CC(C)(C)C1(O)/C=C/C(C)=C\CO)OCC(C)(C)CO2. The van der Waals surface area contributed by atoms with Crippen molar-refractivity contribution in [3.05, 3.63) is 35.5 Å². The molecule has 2 N–H and O–H groups in total. The quantitative estimate of drug-likeness (QED) is 0.613. The predicted molar refractivity (Wildman–Crippen MR) is 95.5 cm³/mol. The summed E-state index contributed by atoms with van der Waals surface area (Å²) in [7, 11) is 0. The summed E-state index contributed by atoms with van der Waals surface area (Å²) in [5.41, 5.74) is 0.219. The first-order valence-corrected chi connectivity index (χ1v) is 8.62. The van der Waals surface area contributed by atoms with Gasteiger partial charge < -0.3 is 19.7 Å². The molecule has 4 heteroatoms. The number of hydrogen-bond donors (Lipinski definition) is 2. The normalized spacial score (nSPS) is 32.2. The Kier molecular flexibility index (Phi) is 5.18. The second-order valence-corrected chi connectivity index (χ2v) is 8.67. The number of ether oxygens (including phenoxy) is 2. The molecule has 1 atom stereocenters. The highest BCUT2D eigenvalue weighted by Crippen LogP contribution is 2.51. The van der Waals surface area contributed by atoms with E-state index in [1.54, 1.807) is 6.08 Å². The van der Waals surface area contributed by atoms with Crippen LogP contribution in [0.5, 0.6) is 0 Å². The average Bonchev–Trinajstić information content (AvgIpc) is 2.47. The Bertz CT molecular complexity index is 558. The van der Waals surface area contributed by atoms with Gasteiger partial charge in [-0.3, -0.25) is 0 Å². The first-order chi connectivity index (χ1) is 11.0. The van der Waals surface area contributed by atoms with Gasteiger partial charge in [-0.25, -0.2) is 0 Å². The van der Waals surface area contributed by atoms with Gasteiger partial charge in [0, 0.05) is 17.3 Å². The maximum absolute atomic E-state index is 11.3. The minimum absolute atomic E-state index is 0.00655. The second kappa shape index (κ2) is 6.41. The maximum atomic E-state index is 11.3. The van der Waals surface area contributed by atoms with Gasteiger partial charge in [0.15, 0.2) is 5.79 Å². The summed E-state index contributed by atoms with van der Waals surface area (Å²) >= 11 is 0. The smallest absolute Gasteiger partial charge is 0.188 e. The van der Waals surface area contributed by atoms with Crippen LogP contribution in [0.15, 0.2) is 35.5 Å². The highest BCUT2D eigenvalue weighted by atomic mass is 16.7. The molecular formula is C20H32O4.